The van der Waals surface area contributed by atoms with E-state index in [2.05, 4.69) is 5.32 Å². The average molecular weight is 300 g/mol. The Morgan fingerprint density at radius 2 is 1.91 bits per heavy atom. The van der Waals surface area contributed by atoms with E-state index in [1.54, 1.807) is 14.0 Å². The predicted octanol–water partition coefficient (Wildman–Crippen LogP) is 3.55. The highest BCUT2D eigenvalue weighted by atomic mass is 16.6. The van der Waals surface area contributed by atoms with Gasteiger partial charge in [-0.15, -0.1) is 0 Å². The van der Waals surface area contributed by atoms with Crippen LogP contribution in [0.15, 0.2) is 48.5 Å². The summed E-state index contributed by atoms with van der Waals surface area (Å²) in [5.74, 6) is -0.595. The summed E-state index contributed by atoms with van der Waals surface area (Å²) in [6.07, 6.45) is -0.434. The number of nitro groups is 1. The maximum atomic E-state index is 12.1. The number of hydrogen-bond acceptors (Lipinski definition) is 5. The van der Waals surface area contributed by atoms with Gasteiger partial charge in [-0.1, -0.05) is 30.3 Å². The van der Waals surface area contributed by atoms with Gasteiger partial charge in [0.15, 0.2) is 0 Å². The molecule has 0 bridgehead atoms. The topological polar surface area (TPSA) is 81.5 Å². The van der Waals surface area contributed by atoms with Crippen molar-refractivity contribution in [3.05, 3.63) is 69.8 Å². The number of nitrogens with zero attached hydrogens (tertiary/aromatic N) is 1. The van der Waals surface area contributed by atoms with Crippen molar-refractivity contribution in [1.29, 1.82) is 0 Å². The van der Waals surface area contributed by atoms with Crippen LogP contribution in [0.3, 0.4) is 0 Å². The van der Waals surface area contributed by atoms with Gasteiger partial charge < -0.3 is 10.1 Å². The van der Waals surface area contributed by atoms with Gasteiger partial charge in [0.2, 0.25) is 0 Å². The molecule has 0 aliphatic carbocycles. The van der Waals surface area contributed by atoms with E-state index < -0.39 is 17.0 Å². The third kappa shape index (κ3) is 3.41. The molecule has 6 nitrogen and oxygen atoms in total. The Bertz CT molecular complexity index is 686. The molecule has 0 aliphatic rings. The van der Waals surface area contributed by atoms with E-state index in [4.69, 9.17) is 4.74 Å². The summed E-state index contributed by atoms with van der Waals surface area (Å²) in [4.78, 5) is 22.6. The molecule has 0 aliphatic heterocycles. The summed E-state index contributed by atoms with van der Waals surface area (Å²) in [7, 11) is 1.58. The van der Waals surface area contributed by atoms with Crippen molar-refractivity contribution in [3.63, 3.8) is 0 Å². The minimum absolute atomic E-state index is 0.147. The van der Waals surface area contributed by atoms with Crippen molar-refractivity contribution < 1.29 is 14.5 Å². The first kappa shape index (κ1) is 15.5. The van der Waals surface area contributed by atoms with Crippen LogP contribution in [0.4, 0.5) is 11.4 Å². The minimum atomic E-state index is -0.595. The first-order valence-corrected chi connectivity index (χ1v) is 6.75. The van der Waals surface area contributed by atoms with Crippen molar-refractivity contribution in [1.82, 2.24) is 0 Å². The van der Waals surface area contributed by atoms with Crippen molar-refractivity contribution in [2.75, 3.05) is 12.4 Å². The lowest BCUT2D eigenvalue weighted by atomic mass is 10.1. The molecule has 0 saturated carbocycles. The summed E-state index contributed by atoms with van der Waals surface area (Å²) in [5, 5.41) is 13.7. The highest BCUT2D eigenvalue weighted by Crippen LogP contribution is 2.26. The van der Waals surface area contributed by atoms with E-state index in [-0.39, 0.29) is 11.3 Å². The maximum absolute atomic E-state index is 12.1. The Hall–Kier alpha value is -2.89. The van der Waals surface area contributed by atoms with Crippen LogP contribution in [0.1, 0.15) is 28.9 Å². The second-order valence-corrected chi connectivity index (χ2v) is 4.70. The third-order valence-electron chi connectivity index (χ3n) is 3.25. The molecular weight excluding hydrogens is 284 g/mol. The second kappa shape index (κ2) is 6.71. The van der Waals surface area contributed by atoms with E-state index in [0.717, 1.165) is 5.56 Å². The SMILES string of the molecule is CNc1ccc(C(=O)O[C@H](C)c2ccccc2)cc1[N+](=O)[O-]. The second-order valence-electron chi connectivity index (χ2n) is 4.70. The van der Waals surface area contributed by atoms with E-state index in [1.807, 2.05) is 30.3 Å². The van der Waals surface area contributed by atoms with E-state index in [0.29, 0.717) is 5.69 Å². The molecule has 0 saturated heterocycles. The van der Waals surface area contributed by atoms with Crippen LogP contribution in [0.5, 0.6) is 0 Å². The predicted molar refractivity (Wildman–Crippen MR) is 82.9 cm³/mol. The van der Waals surface area contributed by atoms with Gasteiger partial charge in [0.05, 0.1) is 10.5 Å². The number of carbonyl (C=O) groups excluding carboxylic acids is 1. The number of nitro benzene ring substituents is 1. The Balaban J connectivity index is 2.19. The summed E-state index contributed by atoms with van der Waals surface area (Å²) in [6, 6.07) is 13.5. The highest BCUT2D eigenvalue weighted by molar-refractivity contribution is 5.91. The van der Waals surface area contributed by atoms with Crippen LogP contribution in [0.25, 0.3) is 0 Å². The lowest BCUT2D eigenvalue weighted by molar-refractivity contribution is -0.384. The number of carbonyl (C=O) groups is 1. The van der Waals surface area contributed by atoms with Crippen molar-refractivity contribution in [2.24, 2.45) is 0 Å². The molecule has 0 aromatic heterocycles. The standard InChI is InChI=1S/C16H16N2O4/c1-11(12-6-4-3-5-7-12)22-16(19)13-8-9-14(17-2)15(10-13)18(20)21/h3-11,17H,1-2H3/t11-/m1/s1. The summed E-state index contributed by atoms with van der Waals surface area (Å²) >= 11 is 0. The van der Waals surface area contributed by atoms with Gasteiger partial charge in [0.1, 0.15) is 11.8 Å². The molecule has 2 aromatic carbocycles. The number of esters is 1. The molecule has 1 atom stereocenters. The van der Waals surface area contributed by atoms with E-state index in [1.165, 1.54) is 18.2 Å². The Kier molecular flexibility index (Phi) is 4.73. The molecule has 0 heterocycles. The molecule has 0 amide bonds. The van der Waals surface area contributed by atoms with Gasteiger partial charge in [-0.3, -0.25) is 10.1 Å². The largest absolute Gasteiger partial charge is 0.454 e. The Labute approximate surface area is 127 Å². The molecule has 0 spiro atoms. The van der Waals surface area contributed by atoms with Crippen LogP contribution in [-0.4, -0.2) is 17.9 Å². The van der Waals surface area contributed by atoms with Crippen molar-refractivity contribution >= 4 is 17.3 Å². The molecule has 6 heteroatoms. The van der Waals surface area contributed by atoms with Crippen LogP contribution < -0.4 is 5.32 Å². The number of anilines is 1. The van der Waals surface area contributed by atoms with Gasteiger partial charge in [-0.2, -0.15) is 0 Å². The fraction of sp³-hybridized carbons (Fsp3) is 0.188. The molecule has 0 unspecified atom stereocenters. The van der Waals surface area contributed by atoms with Crippen molar-refractivity contribution in [3.8, 4) is 0 Å². The van der Waals surface area contributed by atoms with Gasteiger partial charge in [0, 0.05) is 13.1 Å². The van der Waals surface area contributed by atoms with E-state index >= 15 is 0 Å². The molecule has 2 aromatic rings. The van der Waals surface area contributed by atoms with Gasteiger partial charge in [-0.05, 0) is 24.6 Å². The van der Waals surface area contributed by atoms with Crippen LogP contribution in [-0.2, 0) is 4.74 Å². The van der Waals surface area contributed by atoms with Crippen LogP contribution in [0, 0.1) is 10.1 Å². The Morgan fingerprint density at radius 1 is 1.23 bits per heavy atom. The van der Waals surface area contributed by atoms with Gasteiger partial charge in [-0.25, -0.2) is 4.79 Å². The number of rotatable bonds is 5. The Morgan fingerprint density at radius 3 is 2.50 bits per heavy atom. The summed E-state index contributed by atoms with van der Waals surface area (Å²) < 4.78 is 5.35. The zero-order chi connectivity index (χ0) is 16.1. The molecule has 2 rings (SSSR count). The van der Waals surface area contributed by atoms with Crippen LogP contribution in [0.2, 0.25) is 0 Å². The number of hydrogen-bond donors (Lipinski definition) is 1. The highest BCUT2D eigenvalue weighted by Gasteiger charge is 2.19. The molecule has 114 valence electrons. The van der Waals surface area contributed by atoms with Crippen LogP contribution >= 0.6 is 0 Å². The first-order chi connectivity index (χ1) is 10.5. The monoisotopic (exact) mass is 300 g/mol. The molecular formula is C16H16N2O4. The number of ether oxygens (including phenoxy) is 1. The summed E-state index contributed by atoms with van der Waals surface area (Å²) in [6.45, 7) is 1.75. The normalized spacial score (nSPS) is 11.5. The minimum Gasteiger partial charge on any atom is -0.454 e. The smallest absolute Gasteiger partial charge is 0.338 e. The maximum Gasteiger partial charge on any atom is 0.338 e. The number of nitrogens with one attached hydrogen (secondary N) is 1. The fourth-order valence-corrected chi connectivity index (χ4v) is 2.04. The fourth-order valence-electron chi connectivity index (χ4n) is 2.04. The number of benzene rings is 2. The molecule has 0 fully saturated rings. The zero-order valence-electron chi connectivity index (χ0n) is 12.3. The lowest BCUT2D eigenvalue weighted by Crippen LogP contribution is -2.10. The van der Waals surface area contributed by atoms with E-state index in [9.17, 15) is 14.9 Å². The van der Waals surface area contributed by atoms with Gasteiger partial charge >= 0.3 is 5.97 Å². The average Bonchev–Trinajstić information content (AvgIpc) is 2.54. The quantitative estimate of drug-likeness (QED) is 0.518. The molecule has 1 N–H and O–H groups in total. The molecule has 0 radical (unpaired) electrons. The van der Waals surface area contributed by atoms with Gasteiger partial charge in [0.25, 0.3) is 5.69 Å². The zero-order valence-corrected chi connectivity index (χ0v) is 12.3. The molecule has 22 heavy (non-hydrogen) atoms. The third-order valence-corrected chi connectivity index (χ3v) is 3.25. The summed E-state index contributed by atoms with van der Waals surface area (Å²) in [5.41, 5.74) is 1.19. The van der Waals surface area contributed by atoms with Crippen molar-refractivity contribution in [2.45, 2.75) is 13.0 Å². The first-order valence-electron chi connectivity index (χ1n) is 6.75. The lowest BCUT2D eigenvalue weighted by Gasteiger charge is -2.13.